The molecule has 0 aliphatic heterocycles. The highest BCUT2D eigenvalue weighted by Gasteiger charge is 2.09. The van der Waals surface area contributed by atoms with Gasteiger partial charge in [-0.05, 0) is 18.6 Å². The zero-order valence-corrected chi connectivity index (χ0v) is 12.9. The van der Waals surface area contributed by atoms with E-state index < -0.39 is 0 Å². The second-order valence-corrected chi connectivity index (χ2v) is 5.83. The molecule has 0 unspecified atom stereocenters. The van der Waals surface area contributed by atoms with Crippen molar-refractivity contribution in [2.24, 2.45) is 0 Å². The third kappa shape index (κ3) is 2.94. The van der Waals surface area contributed by atoms with Crippen LogP contribution in [-0.2, 0) is 6.54 Å². The number of hydrogen-bond acceptors (Lipinski definition) is 1. The molecule has 3 rings (SSSR count). The highest BCUT2D eigenvalue weighted by atomic mass is 15.0. The van der Waals surface area contributed by atoms with E-state index in [1.54, 1.807) is 0 Å². The largest absolute Gasteiger partial charge is 0.339 e. The van der Waals surface area contributed by atoms with Crippen molar-refractivity contribution in [3.05, 3.63) is 42.7 Å². The molecule has 0 radical (unpaired) electrons. The Labute approximate surface area is 126 Å². The van der Waals surface area contributed by atoms with Crippen molar-refractivity contribution in [1.29, 1.82) is 0 Å². The molecule has 21 heavy (non-hydrogen) atoms. The van der Waals surface area contributed by atoms with Crippen molar-refractivity contribution < 1.29 is 0 Å². The molecule has 0 N–H and O–H groups in total. The molecule has 0 spiro atoms. The van der Waals surface area contributed by atoms with Crippen LogP contribution in [0.1, 0.15) is 45.4 Å². The number of unbranched alkanes of at least 4 members (excludes halogenated alkanes) is 5. The Bertz CT molecular complexity index is 658. The number of rotatable bonds is 7. The fraction of sp³-hybridized carbons (Fsp3) is 0.421. The molecule has 110 valence electrons. The summed E-state index contributed by atoms with van der Waals surface area (Å²) in [5.41, 5.74) is 2.61. The van der Waals surface area contributed by atoms with Crippen molar-refractivity contribution >= 4 is 21.8 Å². The number of benzene rings is 1. The molecule has 1 aromatic carbocycles. The first-order chi connectivity index (χ1) is 10.4. The summed E-state index contributed by atoms with van der Waals surface area (Å²) >= 11 is 0. The van der Waals surface area contributed by atoms with Gasteiger partial charge in [0.15, 0.2) is 0 Å². The highest BCUT2D eigenvalue weighted by Crippen LogP contribution is 2.28. The van der Waals surface area contributed by atoms with Crippen LogP contribution in [0.15, 0.2) is 42.7 Å². The Morgan fingerprint density at radius 2 is 1.62 bits per heavy atom. The summed E-state index contributed by atoms with van der Waals surface area (Å²) < 4.78 is 2.44. The van der Waals surface area contributed by atoms with Gasteiger partial charge in [0.2, 0.25) is 0 Å². The van der Waals surface area contributed by atoms with Gasteiger partial charge in [0.1, 0.15) is 0 Å². The lowest BCUT2D eigenvalue weighted by Gasteiger charge is -2.07. The molecule has 0 saturated heterocycles. The molecule has 2 nitrogen and oxygen atoms in total. The summed E-state index contributed by atoms with van der Waals surface area (Å²) in [6, 6.07) is 10.8. The third-order valence-corrected chi connectivity index (χ3v) is 4.31. The van der Waals surface area contributed by atoms with E-state index in [4.69, 9.17) is 0 Å². The van der Waals surface area contributed by atoms with E-state index in [0.717, 1.165) is 6.54 Å². The Kier molecular flexibility index (Phi) is 4.54. The van der Waals surface area contributed by atoms with Gasteiger partial charge in [-0.1, -0.05) is 57.2 Å². The first-order valence-corrected chi connectivity index (χ1v) is 8.22. The predicted molar refractivity (Wildman–Crippen MR) is 90.6 cm³/mol. The summed E-state index contributed by atoms with van der Waals surface area (Å²) in [5.74, 6) is 0. The quantitative estimate of drug-likeness (QED) is 0.519. The molecule has 0 atom stereocenters. The van der Waals surface area contributed by atoms with Crippen LogP contribution in [0, 0.1) is 0 Å². The third-order valence-electron chi connectivity index (χ3n) is 4.31. The molecule has 2 aromatic heterocycles. The number of aromatic nitrogens is 2. The molecule has 2 heteroatoms. The van der Waals surface area contributed by atoms with Crippen LogP contribution >= 0.6 is 0 Å². The van der Waals surface area contributed by atoms with E-state index in [9.17, 15) is 0 Å². The fourth-order valence-electron chi connectivity index (χ4n) is 3.19. The van der Waals surface area contributed by atoms with Crippen LogP contribution in [-0.4, -0.2) is 9.55 Å². The summed E-state index contributed by atoms with van der Waals surface area (Å²) in [6.07, 6.45) is 11.9. The zero-order valence-electron chi connectivity index (χ0n) is 12.9. The van der Waals surface area contributed by atoms with Crippen LogP contribution in [0.2, 0.25) is 0 Å². The fourth-order valence-corrected chi connectivity index (χ4v) is 3.19. The van der Waals surface area contributed by atoms with Crippen molar-refractivity contribution in [3.63, 3.8) is 0 Å². The normalized spacial score (nSPS) is 11.5. The number of nitrogens with zero attached hydrogens (tertiary/aromatic N) is 2. The SMILES string of the molecule is CCCCCCCCn1c2ccccc2c2ccncc21. The van der Waals surface area contributed by atoms with Gasteiger partial charge < -0.3 is 4.57 Å². The lowest BCUT2D eigenvalue weighted by molar-refractivity contribution is 0.571. The van der Waals surface area contributed by atoms with Crippen LogP contribution in [0.25, 0.3) is 21.8 Å². The van der Waals surface area contributed by atoms with Crippen LogP contribution < -0.4 is 0 Å². The van der Waals surface area contributed by atoms with Crippen LogP contribution in [0.3, 0.4) is 0 Å². The second kappa shape index (κ2) is 6.75. The van der Waals surface area contributed by atoms with E-state index in [1.807, 2.05) is 12.4 Å². The molecule has 0 saturated carbocycles. The number of fused-ring (bicyclic) bond motifs is 3. The molecule has 2 heterocycles. The Balaban J connectivity index is 1.80. The summed E-state index contributed by atoms with van der Waals surface area (Å²) in [5, 5.41) is 2.67. The average Bonchev–Trinajstić information content (AvgIpc) is 2.85. The predicted octanol–water partition coefficient (Wildman–Crippen LogP) is 5.55. The van der Waals surface area contributed by atoms with E-state index in [-0.39, 0.29) is 0 Å². The van der Waals surface area contributed by atoms with Crippen molar-refractivity contribution in [1.82, 2.24) is 9.55 Å². The Morgan fingerprint density at radius 3 is 2.52 bits per heavy atom. The molecule has 0 aliphatic rings. The monoisotopic (exact) mass is 280 g/mol. The van der Waals surface area contributed by atoms with Gasteiger partial charge >= 0.3 is 0 Å². The van der Waals surface area contributed by atoms with Gasteiger partial charge in [-0.15, -0.1) is 0 Å². The molecule has 0 aliphatic carbocycles. The maximum Gasteiger partial charge on any atom is 0.0677 e. The average molecular weight is 280 g/mol. The topological polar surface area (TPSA) is 17.8 Å². The molecule has 0 bridgehead atoms. The molecule has 3 aromatic rings. The lowest BCUT2D eigenvalue weighted by Crippen LogP contribution is -1.97. The van der Waals surface area contributed by atoms with Gasteiger partial charge in [-0.3, -0.25) is 4.98 Å². The van der Waals surface area contributed by atoms with Crippen molar-refractivity contribution in [2.45, 2.75) is 52.0 Å². The molecular weight excluding hydrogens is 256 g/mol. The maximum atomic E-state index is 4.32. The first kappa shape index (κ1) is 14.1. The maximum absolute atomic E-state index is 4.32. The first-order valence-electron chi connectivity index (χ1n) is 8.22. The summed E-state index contributed by atoms with van der Waals surface area (Å²) in [4.78, 5) is 4.32. The number of pyridine rings is 1. The zero-order chi connectivity index (χ0) is 14.5. The highest BCUT2D eigenvalue weighted by molar-refractivity contribution is 6.07. The lowest BCUT2D eigenvalue weighted by atomic mass is 10.1. The van der Waals surface area contributed by atoms with E-state index in [0.29, 0.717) is 0 Å². The van der Waals surface area contributed by atoms with E-state index in [1.165, 1.54) is 60.3 Å². The van der Waals surface area contributed by atoms with Gasteiger partial charge in [0, 0.05) is 29.0 Å². The Hall–Kier alpha value is -1.83. The van der Waals surface area contributed by atoms with Crippen molar-refractivity contribution in [3.8, 4) is 0 Å². The minimum Gasteiger partial charge on any atom is -0.339 e. The summed E-state index contributed by atoms with van der Waals surface area (Å²) in [7, 11) is 0. The number of hydrogen-bond donors (Lipinski definition) is 0. The van der Waals surface area contributed by atoms with Crippen LogP contribution in [0.4, 0.5) is 0 Å². The van der Waals surface area contributed by atoms with Gasteiger partial charge in [0.05, 0.1) is 11.7 Å². The van der Waals surface area contributed by atoms with Crippen molar-refractivity contribution in [2.75, 3.05) is 0 Å². The molecule has 0 amide bonds. The minimum atomic E-state index is 1.10. The number of aryl methyl sites for hydroxylation is 1. The van der Waals surface area contributed by atoms with Gasteiger partial charge in [-0.2, -0.15) is 0 Å². The molecule has 0 fully saturated rings. The van der Waals surface area contributed by atoms with Gasteiger partial charge in [0.25, 0.3) is 0 Å². The summed E-state index contributed by atoms with van der Waals surface area (Å²) in [6.45, 7) is 3.37. The standard InChI is InChI=1S/C19H24N2/c1-2-3-4-5-6-9-14-21-18-11-8-7-10-16(18)17-12-13-20-15-19(17)21/h7-8,10-13,15H,2-6,9,14H2,1H3. The van der Waals surface area contributed by atoms with Crippen LogP contribution in [0.5, 0.6) is 0 Å². The minimum absolute atomic E-state index is 1.10. The molecular formula is C19H24N2. The number of para-hydroxylation sites is 1. The van der Waals surface area contributed by atoms with Gasteiger partial charge in [-0.25, -0.2) is 0 Å². The van der Waals surface area contributed by atoms with E-state index in [2.05, 4.69) is 46.8 Å². The second-order valence-electron chi connectivity index (χ2n) is 5.83. The smallest absolute Gasteiger partial charge is 0.0677 e. The van der Waals surface area contributed by atoms with E-state index >= 15 is 0 Å². The Morgan fingerprint density at radius 1 is 0.857 bits per heavy atom.